The van der Waals surface area contributed by atoms with E-state index in [1.165, 1.54) is 24.3 Å². The minimum absolute atomic E-state index is 0.0143. The summed E-state index contributed by atoms with van der Waals surface area (Å²) in [5, 5.41) is 1.07. The van der Waals surface area contributed by atoms with Crippen molar-refractivity contribution in [2.45, 2.75) is 49.7 Å². The van der Waals surface area contributed by atoms with Crippen LogP contribution in [0.4, 0.5) is 13.2 Å². The lowest BCUT2D eigenvalue weighted by molar-refractivity contribution is -0.143. The van der Waals surface area contributed by atoms with Crippen LogP contribution in [-0.2, 0) is 54.8 Å². The van der Waals surface area contributed by atoms with Crippen molar-refractivity contribution in [2.24, 2.45) is 0 Å². The highest BCUT2D eigenvalue weighted by Crippen LogP contribution is 2.39. The minimum Gasteiger partial charge on any atom is -0.466 e. The number of carbonyl (C=O) groups is 1. The lowest BCUT2D eigenvalue weighted by atomic mass is 9.97. The molecule has 0 atom stereocenters. The molecular weight excluding hydrogens is 821 g/mol. The number of aromatic nitrogens is 1. The van der Waals surface area contributed by atoms with Crippen LogP contribution in [0.5, 0.6) is 0 Å². The van der Waals surface area contributed by atoms with Crippen LogP contribution >= 0.6 is 11.6 Å². The first-order valence-electron chi connectivity index (χ1n) is 18.8. The molecule has 0 aliphatic heterocycles. The number of nitrogens with zero attached hydrogens (tertiary/aromatic N) is 1. The van der Waals surface area contributed by atoms with Crippen LogP contribution in [0.2, 0.25) is 5.02 Å². The second-order valence-electron chi connectivity index (χ2n) is 13.8. The van der Waals surface area contributed by atoms with Crippen LogP contribution in [-0.4, -0.2) is 46.3 Å². The molecule has 0 amide bonds. The van der Waals surface area contributed by atoms with Gasteiger partial charge in [0.2, 0.25) is 10.0 Å². The van der Waals surface area contributed by atoms with Crippen LogP contribution in [0.3, 0.4) is 0 Å². The first-order chi connectivity index (χ1) is 28.1. The molecule has 1 aromatic heterocycles. The zero-order chi connectivity index (χ0) is 42.4. The molecule has 59 heavy (non-hydrogen) atoms. The molecule has 0 bridgehead atoms. The van der Waals surface area contributed by atoms with Gasteiger partial charge < -0.3 is 9.30 Å². The smallest absolute Gasteiger partial charge is 0.417 e. The summed E-state index contributed by atoms with van der Waals surface area (Å²) in [5.74, 6) is -0.656. The van der Waals surface area contributed by atoms with Gasteiger partial charge in [-0.3, -0.25) is 4.79 Å². The third-order valence-corrected chi connectivity index (χ3v) is 13.4. The molecule has 8 nitrogen and oxygen atoms in total. The van der Waals surface area contributed by atoms with E-state index in [2.05, 4.69) is 15.9 Å². The van der Waals surface area contributed by atoms with Crippen LogP contribution < -0.4 is 4.72 Å². The predicted molar refractivity (Wildman–Crippen MR) is 225 cm³/mol. The molecule has 0 radical (unpaired) electrons. The normalized spacial score (nSPS) is 12.2. The van der Waals surface area contributed by atoms with Crippen molar-refractivity contribution in [3.05, 3.63) is 178 Å². The van der Waals surface area contributed by atoms with Gasteiger partial charge >= 0.3 is 12.1 Å². The molecule has 0 fully saturated rings. The number of hydrogen-bond acceptors (Lipinski definition) is 6. The first kappa shape index (κ1) is 43.4. The number of sulfonamides is 1. The van der Waals surface area contributed by atoms with Crippen molar-refractivity contribution in [3.63, 3.8) is 0 Å². The van der Waals surface area contributed by atoms with Crippen LogP contribution in [0, 0.1) is 0 Å². The second kappa shape index (κ2) is 18.4. The minimum atomic E-state index is -4.82. The van der Waals surface area contributed by atoms with Gasteiger partial charge in [-0.2, -0.15) is 13.2 Å². The standard InChI is InChI=1S/C45H42ClF3N2O6S2/c1-3-57-43(52)25-20-32-18-22-36(23-19-32)58(53,54)29-27-38-39-30-35(46)21-24-41(39)51(44(33-12-6-4-7-13-33)34-14-8-5-9-15-34)42(38)26-28-50-59(55,56)31(2)37-16-10-11-17-40(37)45(47,48)49/h4-19,21-24,30,44,50H,2-3,20,25-29H2,1H3. The molecule has 0 saturated heterocycles. The van der Waals surface area contributed by atoms with Gasteiger partial charge in [0.15, 0.2) is 9.84 Å². The topological polar surface area (TPSA) is 112 Å². The number of esters is 1. The lowest BCUT2D eigenvalue weighted by Crippen LogP contribution is -2.28. The summed E-state index contributed by atoms with van der Waals surface area (Å²) in [7, 11) is -8.41. The van der Waals surface area contributed by atoms with Crippen molar-refractivity contribution in [2.75, 3.05) is 18.9 Å². The number of fused-ring (bicyclic) bond motifs is 1. The molecule has 0 aliphatic carbocycles. The van der Waals surface area contributed by atoms with Crippen LogP contribution in [0.1, 0.15) is 58.5 Å². The fraction of sp³-hybridized carbons (Fsp3) is 0.222. The van der Waals surface area contributed by atoms with E-state index in [0.717, 1.165) is 28.8 Å². The quantitative estimate of drug-likeness (QED) is 0.0915. The zero-order valence-electron chi connectivity index (χ0n) is 32.1. The average Bonchev–Trinajstić information content (AvgIpc) is 3.51. The third-order valence-electron chi connectivity index (χ3n) is 10.0. The molecule has 0 spiro atoms. The lowest BCUT2D eigenvalue weighted by Gasteiger charge is -2.25. The Morgan fingerprint density at radius 1 is 0.814 bits per heavy atom. The molecular formula is C45H42ClF3N2O6S2. The number of benzene rings is 5. The van der Waals surface area contributed by atoms with Crippen molar-refractivity contribution < 1.29 is 39.5 Å². The number of sulfone groups is 1. The van der Waals surface area contributed by atoms with Gasteiger partial charge in [-0.05, 0) is 78.4 Å². The number of nitrogens with one attached hydrogen (secondary N) is 1. The maximum atomic E-state index is 13.9. The van der Waals surface area contributed by atoms with Gasteiger partial charge in [0.05, 0.1) is 33.8 Å². The van der Waals surface area contributed by atoms with Gasteiger partial charge in [0.1, 0.15) is 0 Å². The van der Waals surface area contributed by atoms with E-state index in [4.69, 9.17) is 16.3 Å². The maximum absolute atomic E-state index is 13.9. The SMILES string of the molecule is C=C(c1ccccc1C(F)(F)F)S(=O)(=O)NCCc1c(CCS(=O)(=O)c2ccc(CCC(=O)OCC)cc2)c2cc(Cl)ccc2n1C(c1ccccc1)c1ccccc1. The monoisotopic (exact) mass is 862 g/mol. The number of hydrogen-bond donors (Lipinski definition) is 1. The highest BCUT2D eigenvalue weighted by atomic mass is 35.5. The molecule has 0 aliphatic rings. The molecule has 14 heteroatoms. The van der Waals surface area contributed by atoms with E-state index >= 15 is 0 Å². The van der Waals surface area contributed by atoms with E-state index in [1.54, 1.807) is 31.2 Å². The van der Waals surface area contributed by atoms with E-state index in [1.807, 2.05) is 66.7 Å². The zero-order valence-corrected chi connectivity index (χ0v) is 34.5. The highest BCUT2D eigenvalue weighted by Gasteiger charge is 2.36. The Kier molecular flexibility index (Phi) is 13.5. The summed E-state index contributed by atoms with van der Waals surface area (Å²) >= 11 is 6.59. The predicted octanol–water partition coefficient (Wildman–Crippen LogP) is 9.60. The fourth-order valence-corrected chi connectivity index (χ4v) is 9.66. The Balaban J connectivity index is 1.40. The molecule has 6 aromatic rings. The summed E-state index contributed by atoms with van der Waals surface area (Å²) in [6.07, 6.45) is -4.24. The largest absolute Gasteiger partial charge is 0.466 e. The number of halogens is 4. The molecule has 5 aromatic carbocycles. The Hall–Kier alpha value is -5.21. The Morgan fingerprint density at radius 2 is 1.42 bits per heavy atom. The molecule has 0 saturated carbocycles. The number of carbonyl (C=O) groups excluding carboxylic acids is 1. The maximum Gasteiger partial charge on any atom is 0.417 e. The number of rotatable bonds is 17. The van der Waals surface area contributed by atoms with Gasteiger partial charge in [0.25, 0.3) is 0 Å². The molecule has 1 N–H and O–H groups in total. The van der Waals surface area contributed by atoms with Gasteiger partial charge in [-0.15, -0.1) is 0 Å². The van der Waals surface area contributed by atoms with E-state index in [9.17, 15) is 34.8 Å². The van der Waals surface area contributed by atoms with Crippen LogP contribution in [0.15, 0.2) is 139 Å². The highest BCUT2D eigenvalue weighted by molar-refractivity contribution is 7.98. The molecule has 0 unspecified atom stereocenters. The summed E-state index contributed by atoms with van der Waals surface area (Å²) in [4.78, 5) is 11.2. The number of aryl methyl sites for hydroxylation is 2. The molecule has 1 heterocycles. The number of ether oxygens (including phenoxy) is 1. The second-order valence-corrected chi connectivity index (χ2v) is 18.1. The van der Waals surface area contributed by atoms with E-state index < -0.39 is 48.1 Å². The Bertz CT molecular complexity index is 2630. The number of alkyl halides is 3. The molecule has 6 rings (SSSR count). The Labute approximate surface area is 347 Å². The molecule has 308 valence electrons. The van der Waals surface area contributed by atoms with E-state index in [0.29, 0.717) is 33.6 Å². The summed E-state index contributed by atoms with van der Waals surface area (Å²) < 4.78 is 106. The fourth-order valence-electron chi connectivity index (χ4n) is 7.22. The Morgan fingerprint density at radius 3 is 2.03 bits per heavy atom. The summed E-state index contributed by atoms with van der Waals surface area (Å²) in [6.45, 7) is 5.28. The summed E-state index contributed by atoms with van der Waals surface area (Å²) in [6, 6.07) is 34.8. The van der Waals surface area contributed by atoms with Crippen molar-refractivity contribution in [3.8, 4) is 0 Å². The van der Waals surface area contributed by atoms with Crippen molar-refractivity contribution in [1.82, 2.24) is 9.29 Å². The van der Waals surface area contributed by atoms with Gasteiger partial charge in [-0.1, -0.05) is 109 Å². The van der Waals surface area contributed by atoms with Crippen molar-refractivity contribution >= 4 is 53.2 Å². The van der Waals surface area contributed by atoms with Crippen molar-refractivity contribution in [1.29, 1.82) is 0 Å². The van der Waals surface area contributed by atoms with Gasteiger partial charge in [-0.25, -0.2) is 21.6 Å². The third kappa shape index (κ3) is 10.2. The first-order valence-corrected chi connectivity index (χ1v) is 22.4. The summed E-state index contributed by atoms with van der Waals surface area (Å²) in [5.41, 5.74) is 2.81. The van der Waals surface area contributed by atoms with Gasteiger partial charge in [0, 0.05) is 46.6 Å². The van der Waals surface area contributed by atoms with E-state index in [-0.39, 0.29) is 49.0 Å². The van der Waals surface area contributed by atoms with Crippen LogP contribution in [0.25, 0.3) is 15.8 Å². The average molecular weight is 863 g/mol.